The maximum absolute atomic E-state index is 12.7. The Labute approximate surface area is 169 Å². The number of benzene rings is 1. The van der Waals surface area contributed by atoms with Crippen LogP contribution in [0.1, 0.15) is 25.7 Å². The molecule has 1 saturated carbocycles. The molecule has 0 spiro atoms. The molecule has 4 rings (SSSR count). The molecule has 1 aliphatic carbocycles. The van der Waals surface area contributed by atoms with Crippen molar-refractivity contribution in [3.63, 3.8) is 0 Å². The molecule has 2 saturated heterocycles. The third kappa shape index (κ3) is 4.54. The van der Waals surface area contributed by atoms with Gasteiger partial charge in [-0.15, -0.1) is 0 Å². The van der Waals surface area contributed by atoms with Crippen LogP contribution in [0.4, 0.5) is 11.4 Å². The molecule has 1 N–H and O–H groups in total. The van der Waals surface area contributed by atoms with E-state index in [1.165, 1.54) is 0 Å². The first-order valence-electron chi connectivity index (χ1n) is 9.84. The van der Waals surface area contributed by atoms with Gasteiger partial charge in [0.25, 0.3) is 0 Å². The number of nitrogens with one attached hydrogen (secondary N) is 1. The Balaban J connectivity index is 1.37. The van der Waals surface area contributed by atoms with Crippen LogP contribution >= 0.6 is 23.4 Å². The first-order valence-corrected chi connectivity index (χ1v) is 11.4. The minimum absolute atomic E-state index is 0.0125. The third-order valence-corrected chi connectivity index (χ3v) is 6.84. The highest BCUT2D eigenvalue weighted by atomic mass is 35.5. The first-order chi connectivity index (χ1) is 13.1. The predicted molar refractivity (Wildman–Crippen MR) is 112 cm³/mol. The molecule has 0 radical (unpaired) electrons. The van der Waals surface area contributed by atoms with E-state index in [1.54, 1.807) is 0 Å². The summed E-state index contributed by atoms with van der Waals surface area (Å²) in [6.07, 6.45) is 3.74. The van der Waals surface area contributed by atoms with Gasteiger partial charge in [-0.05, 0) is 43.9 Å². The van der Waals surface area contributed by atoms with Gasteiger partial charge in [0.1, 0.15) is 0 Å². The van der Waals surface area contributed by atoms with Crippen LogP contribution in [0.15, 0.2) is 18.2 Å². The second-order valence-electron chi connectivity index (χ2n) is 7.65. The SMILES string of the molecule is O=C(Nc1ccc(N2CCSCC2)c(Cl)c1)C1CCCN(C(=O)C2CC2)C1. The Morgan fingerprint density at radius 2 is 1.85 bits per heavy atom. The lowest BCUT2D eigenvalue weighted by molar-refractivity contribution is -0.135. The quantitative estimate of drug-likeness (QED) is 0.830. The van der Waals surface area contributed by atoms with Gasteiger partial charge in [-0.25, -0.2) is 0 Å². The highest BCUT2D eigenvalue weighted by Gasteiger charge is 2.36. The average Bonchev–Trinajstić information content (AvgIpc) is 3.53. The van der Waals surface area contributed by atoms with Crippen LogP contribution in [0.2, 0.25) is 5.02 Å². The highest BCUT2D eigenvalue weighted by Crippen LogP contribution is 2.33. The fraction of sp³-hybridized carbons (Fsp3) is 0.600. The van der Waals surface area contributed by atoms with Crippen molar-refractivity contribution in [2.45, 2.75) is 25.7 Å². The lowest BCUT2D eigenvalue weighted by atomic mass is 9.96. The molecule has 1 atom stereocenters. The molecule has 2 amide bonds. The molecule has 0 bridgehead atoms. The molecule has 0 aromatic heterocycles. The topological polar surface area (TPSA) is 52.7 Å². The molecule has 1 unspecified atom stereocenters. The van der Waals surface area contributed by atoms with Crippen molar-refractivity contribution in [1.82, 2.24) is 4.90 Å². The van der Waals surface area contributed by atoms with Crippen molar-refractivity contribution in [2.24, 2.45) is 11.8 Å². The van der Waals surface area contributed by atoms with Crippen LogP contribution in [-0.2, 0) is 9.59 Å². The molecule has 1 aromatic carbocycles. The smallest absolute Gasteiger partial charge is 0.229 e. The summed E-state index contributed by atoms with van der Waals surface area (Å²) in [7, 11) is 0. The van der Waals surface area contributed by atoms with E-state index < -0.39 is 0 Å². The van der Waals surface area contributed by atoms with Crippen LogP contribution in [-0.4, -0.2) is 54.4 Å². The standard InChI is InChI=1S/C20H26ClN3O2S/c21-17-12-16(5-6-18(17)23-8-10-27-11-9-23)22-19(25)15-2-1-7-24(13-15)20(26)14-3-4-14/h5-6,12,14-15H,1-4,7-11,13H2,(H,22,25). The molecule has 1 aromatic rings. The Morgan fingerprint density at radius 3 is 2.56 bits per heavy atom. The van der Waals surface area contributed by atoms with Crippen molar-refractivity contribution in [3.8, 4) is 0 Å². The number of piperidine rings is 1. The molecule has 7 heteroatoms. The average molecular weight is 408 g/mol. The van der Waals surface area contributed by atoms with Crippen LogP contribution in [0.3, 0.4) is 0 Å². The normalized spacial score (nSPS) is 23.2. The number of nitrogens with zero attached hydrogens (tertiary/aromatic N) is 2. The Bertz CT molecular complexity index is 719. The predicted octanol–water partition coefficient (Wildman–Crippen LogP) is 3.48. The van der Waals surface area contributed by atoms with Crippen LogP contribution < -0.4 is 10.2 Å². The van der Waals surface area contributed by atoms with Gasteiger partial charge in [0, 0.05) is 49.3 Å². The number of anilines is 2. The van der Waals surface area contributed by atoms with E-state index in [4.69, 9.17) is 11.6 Å². The fourth-order valence-electron chi connectivity index (χ4n) is 3.87. The Morgan fingerprint density at radius 1 is 1.07 bits per heavy atom. The summed E-state index contributed by atoms with van der Waals surface area (Å²) in [5.41, 5.74) is 1.76. The van der Waals surface area contributed by atoms with E-state index in [0.717, 1.165) is 68.2 Å². The van der Waals surface area contributed by atoms with Gasteiger partial charge in [-0.3, -0.25) is 9.59 Å². The van der Waals surface area contributed by atoms with E-state index in [2.05, 4.69) is 10.2 Å². The minimum atomic E-state index is -0.140. The summed E-state index contributed by atoms with van der Waals surface area (Å²) in [6.45, 7) is 3.33. The van der Waals surface area contributed by atoms with Gasteiger partial charge in [-0.1, -0.05) is 11.6 Å². The summed E-state index contributed by atoms with van der Waals surface area (Å²) in [6, 6.07) is 5.76. The number of thioether (sulfide) groups is 1. The summed E-state index contributed by atoms with van der Waals surface area (Å²) in [5.74, 6) is 2.53. The van der Waals surface area contributed by atoms with Gasteiger partial charge >= 0.3 is 0 Å². The summed E-state index contributed by atoms with van der Waals surface area (Å²) in [4.78, 5) is 29.2. The van der Waals surface area contributed by atoms with Crippen molar-refractivity contribution >= 4 is 46.6 Å². The molecule has 2 aliphatic heterocycles. The summed E-state index contributed by atoms with van der Waals surface area (Å²) < 4.78 is 0. The van der Waals surface area contributed by atoms with E-state index in [1.807, 2.05) is 34.9 Å². The van der Waals surface area contributed by atoms with E-state index in [9.17, 15) is 9.59 Å². The molecular formula is C20H26ClN3O2S. The van der Waals surface area contributed by atoms with Crippen molar-refractivity contribution < 1.29 is 9.59 Å². The maximum Gasteiger partial charge on any atom is 0.229 e. The Kier molecular flexibility index (Phi) is 5.83. The third-order valence-electron chi connectivity index (χ3n) is 5.60. The van der Waals surface area contributed by atoms with E-state index in [-0.39, 0.29) is 23.7 Å². The van der Waals surface area contributed by atoms with Crippen LogP contribution in [0, 0.1) is 11.8 Å². The van der Waals surface area contributed by atoms with Gasteiger partial charge < -0.3 is 15.1 Å². The van der Waals surface area contributed by atoms with Gasteiger partial charge in [0.2, 0.25) is 11.8 Å². The number of carbonyl (C=O) groups excluding carboxylic acids is 2. The Hall–Kier alpha value is -1.40. The van der Waals surface area contributed by atoms with Gasteiger partial charge in [0.15, 0.2) is 0 Å². The number of likely N-dealkylation sites (tertiary alicyclic amines) is 1. The van der Waals surface area contributed by atoms with Crippen LogP contribution in [0.5, 0.6) is 0 Å². The van der Waals surface area contributed by atoms with Crippen molar-refractivity contribution in [1.29, 1.82) is 0 Å². The largest absolute Gasteiger partial charge is 0.369 e. The summed E-state index contributed by atoms with van der Waals surface area (Å²) >= 11 is 8.45. The number of halogens is 1. The minimum Gasteiger partial charge on any atom is -0.369 e. The number of hydrogen-bond donors (Lipinski definition) is 1. The fourth-order valence-corrected chi connectivity index (χ4v) is 5.07. The second kappa shape index (κ2) is 8.31. The second-order valence-corrected chi connectivity index (χ2v) is 9.28. The molecule has 3 aliphatic rings. The molecule has 27 heavy (non-hydrogen) atoms. The highest BCUT2D eigenvalue weighted by molar-refractivity contribution is 7.99. The molecule has 146 valence electrons. The molecule has 3 fully saturated rings. The van der Waals surface area contributed by atoms with Crippen LogP contribution in [0.25, 0.3) is 0 Å². The molecular weight excluding hydrogens is 382 g/mol. The maximum atomic E-state index is 12.7. The zero-order valence-electron chi connectivity index (χ0n) is 15.5. The molecule has 2 heterocycles. The van der Waals surface area contributed by atoms with Crippen molar-refractivity contribution in [3.05, 3.63) is 23.2 Å². The van der Waals surface area contributed by atoms with Crippen molar-refractivity contribution in [2.75, 3.05) is 47.9 Å². The van der Waals surface area contributed by atoms with Gasteiger partial charge in [0.05, 0.1) is 16.6 Å². The molecule has 5 nitrogen and oxygen atoms in total. The number of hydrogen-bond acceptors (Lipinski definition) is 4. The van der Waals surface area contributed by atoms with E-state index in [0.29, 0.717) is 11.6 Å². The lowest BCUT2D eigenvalue weighted by Crippen LogP contribution is -2.44. The summed E-state index contributed by atoms with van der Waals surface area (Å²) in [5, 5.41) is 3.68. The van der Waals surface area contributed by atoms with Gasteiger partial charge in [-0.2, -0.15) is 11.8 Å². The van der Waals surface area contributed by atoms with E-state index >= 15 is 0 Å². The lowest BCUT2D eigenvalue weighted by Gasteiger charge is -2.32. The number of carbonyl (C=O) groups is 2. The first kappa shape index (κ1) is 18.9. The number of amides is 2. The monoisotopic (exact) mass is 407 g/mol. The number of rotatable bonds is 4. The zero-order valence-corrected chi connectivity index (χ0v) is 17.0. The zero-order chi connectivity index (χ0) is 18.8.